The third-order valence-electron chi connectivity index (χ3n) is 5.72. The van der Waals surface area contributed by atoms with Crippen LogP contribution in [0.4, 0.5) is 5.82 Å². The lowest BCUT2D eigenvalue weighted by atomic mass is 9.97. The highest BCUT2D eigenvalue weighted by molar-refractivity contribution is 6.30. The molecule has 0 aliphatic carbocycles. The number of aromatic nitrogens is 2. The minimum atomic E-state index is -0.234. The second kappa shape index (κ2) is 10.7. The van der Waals surface area contributed by atoms with Crippen molar-refractivity contribution in [3.63, 3.8) is 0 Å². The van der Waals surface area contributed by atoms with E-state index in [0.717, 1.165) is 30.7 Å². The van der Waals surface area contributed by atoms with Crippen LogP contribution in [-0.2, 0) is 11.3 Å². The van der Waals surface area contributed by atoms with Crippen LogP contribution in [-0.4, -0.2) is 34.9 Å². The van der Waals surface area contributed by atoms with Crippen molar-refractivity contribution in [3.8, 4) is 11.4 Å². The zero-order valence-corrected chi connectivity index (χ0v) is 20.2. The summed E-state index contributed by atoms with van der Waals surface area (Å²) in [5.41, 5.74) is 1.39. The minimum absolute atomic E-state index is 0.0235. The highest BCUT2D eigenvalue weighted by Crippen LogP contribution is 2.22. The molecule has 0 saturated carbocycles. The third-order valence-corrected chi connectivity index (χ3v) is 5.95. The molecule has 2 aromatic carbocycles. The summed E-state index contributed by atoms with van der Waals surface area (Å²) in [6, 6.07) is 18.0. The van der Waals surface area contributed by atoms with Gasteiger partial charge in [0.25, 0.3) is 5.56 Å². The van der Waals surface area contributed by atoms with Crippen LogP contribution in [0.1, 0.15) is 32.3 Å². The van der Waals surface area contributed by atoms with E-state index < -0.39 is 0 Å². The van der Waals surface area contributed by atoms with Gasteiger partial charge in [-0.15, -0.1) is 5.10 Å². The van der Waals surface area contributed by atoms with Gasteiger partial charge in [0.2, 0.25) is 5.91 Å². The largest absolute Gasteiger partial charge is 0.491 e. The molecule has 2 heterocycles. The van der Waals surface area contributed by atoms with E-state index in [1.807, 2.05) is 38.1 Å². The van der Waals surface area contributed by atoms with Crippen LogP contribution in [0.2, 0.25) is 5.02 Å². The molecule has 7 nitrogen and oxygen atoms in total. The molecule has 8 heteroatoms. The predicted octanol–water partition coefficient (Wildman–Crippen LogP) is 4.21. The molecule has 1 saturated heterocycles. The minimum Gasteiger partial charge on any atom is -0.491 e. The fourth-order valence-corrected chi connectivity index (χ4v) is 4.24. The van der Waals surface area contributed by atoms with Gasteiger partial charge in [-0.2, -0.15) is 4.68 Å². The number of carbonyl (C=O) groups is 1. The Hall–Kier alpha value is -3.32. The smallest absolute Gasteiger partial charge is 0.271 e. The number of ether oxygens (including phenoxy) is 1. The number of nitrogens with one attached hydrogen (secondary N) is 1. The van der Waals surface area contributed by atoms with E-state index in [0.29, 0.717) is 29.6 Å². The predicted molar refractivity (Wildman–Crippen MR) is 134 cm³/mol. The molecule has 1 aliphatic heterocycles. The standard InChI is InChI=1S/C26H29ClN4O3/c1-18(2)34-23-10-8-19(9-11-23)16-28-26(33)20-5-4-14-30(17-20)24-12-13-25(32)31(29-24)22-7-3-6-21(27)15-22/h3,6-13,15,18,20H,4-5,14,16-17H2,1-2H3,(H,28,33)/t20-/m1/s1. The number of rotatable bonds is 7. The highest BCUT2D eigenvalue weighted by Gasteiger charge is 2.27. The number of piperidine rings is 1. The lowest BCUT2D eigenvalue weighted by Crippen LogP contribution is -2.43. The number of anilines is 1. The monoisotopic (exact) mass is 480 g/mol. The van der Waals surface area contributed by atoms with Gasteiger partial charge in [-0.1, -0.05) is 29.8 Å². The number of halogens is 1. The normalized spacial score (nSPS) is 15.9. The fourth-order valence-electron chi connectivity index (χ4n) is 4.05. The van der Waals surface area contributed by atoms with Crippen molar-refractivity contribution in [1.29, 1.82) is 0 Å². The van der Waals surface area contributed by atoms with Gasteiger partial charge in [0.15, 0.2) is 0 Å². The van der Waals surface area contributed by atoms with Crippen molar-refractivity contribution in [2.75, 3.05) is 18.0 Å². The molecule has 1 atom stereocenters. The first-order chi connectivity index (χ1) is 16.4. The van der Waals surface area contributed by atoms with Crippen molar-refractivity contribution in [1.82, 2.24) is 15.1 Å². The molecule has 0 radical (unpaired) electrons. The maximum absolute atomic E-state index is 12.9. The van der Waals surface area contributed by atoms with Gasteiger partial charge in [0.1, 0.15) is 11.6 Å². The zero-order chi connectivity index (χ0) is 24.1. The van der Waals surface area contributed by atoms with E-state index in [2.05, 4.69) is 15.3 Å². The Bertz CT molecular complexity index is 1190. The van der Waals surface area contributed by atoms with Crippen molar-refractivity contribution in [2.45, 2.75) is 39.3 Å². The third kappa shape index (κ3) is 5.97. The first-order valence-electron chi connectivity index (χ1n) is 11.5. The van der Waals surface area contributed by atoms with Crippen LogP contribution >= 0.6 is 11.6 Å². The Kier molecular flexibility index (Phi) is 7.53. The summed E-state index contributed by atoms with van der Waals surface area (Å²) >= 11 is 6.09. The summed E-state index contributed by atoms with van der Waals surface area (Å²) in [7, 11) is 0. The summed E-state index contributed by atoms with van der Waals surface area (Å²) in [4.78, 5) is 27.3. The van der Waals surface area contributed by atoms with Gasteiger partial charge in [0, 0.05) is 30.7 Å². The maximum atomic E-state index is 12.9. The summed E-state index contributed by atoms with van der Waals surface area (Å²) in [5, 5.41) is 8.14. The van der Waals surface area contributed by atoms with E-state index in [-0.39, 0.29) is 23.5 Å². The van der Waals surface area contributed by atoms with Crippen LogP contribution in [0.3, 0.4) is 0 Å². The zero-order valence-electron chi connectivity index (χ0n) is 19.4. The van der Waals surface area contributed by atoms with Crippen LogP contribution in [0.15, 0.2) is 65.5 Å². The van der Waals surface area contributed by atoms with Crippen LogP contribution in [0.25, 0.3) is 5.69 Å². The summed E-state index contributed by atoms with van der Waals surface area (Å²) in [5.74, 6) is 1.36. The lowest BCUT2D eigenvalue weighted by Gasteiger charge is -2.33. The average molecular weight is 481 g/mol. The lowest BCUT2D eigenvalue weighted by molar-refractivity contribution is -0.125. The first-order valence-corrected chi connectivity index (χ1v) is 11.9. The number of carbonyl (C=O) groups excluding carboxylic acids is 1. The Labute approximate surface area is 204 Å². The van der Waals surface area contributed by atoms with E-state index in [4.69, 9.17) is 16.3 Å². The van der Waals surface area contributed by atoms with Gasteiger partial charge in [0.05, 0.1) is 17.7 Å². The maximum Gasteiger partial charge on any atom is 0.271 e. The van der Waals surface area contributed by atoms with Crippen molar-refractivity contribution in [3.05, 3.63) is 81.6 Å². The first kappa shape index (κ1) is 23.8. The Morgan fingerprint density at radius 1 is 1.18 bits per heavy atom. The van der Waals surface area contributed by atoms with Gasteiger partial charge in [-0.3, -0.25) is 9.59 Å². The van der Waals surface area contributed by atoms with Crippen LogP contribution < -0.4 is 20.5 Å². The summed E-state index contributed by atoms with van der Waals surface area (Å²) in [6.45, 7) is 5.77. The van der Waals surface area contributed by atoms with Gasteiger partial charge in [-0.05, 0) is 68.7 Å². The molecule has 0 unspecified atom stereocenters. The molecular formula is C26H29ClN4O3. The van der Waals surface area contributed by atoms with Crippen molar-refractivity contribution in [2.24, 2.45) is 5.92 Å². The average Bonchev–Trinajstić information content (AvgIpc) is 2.83. The summed E-state index contributed by atoms with van der Waals surface area (Å²) in [6.07, 6.45) is 1.81. The Morgan fingerprint density at radius 3 is 2.71 bits per heavy atom. The quantitative estimate of drug-likeness (QED) is 0.548. The van der Waals surface area contributed by atoms with Crippen LogP contribution in [0.5, 0.6) is 5.75 Å². The molecular weight excluding hydrogens is 452 g/mol. The molecule has 1 amide bonds. The van der Waals surface area contributed by atoms with Crippen molar-refractivity contribution < 1.29 is 9.53 Å². The molecule has 1 aliphatic rings. The molecule has 34 heavy (non-hydrogen) atoms. The molecule has 178 valence electrons. The van der Waals surface area contributed by atoms with E-state index >= 15 is 0 Å². The van der Waals surface area contributed by atoms with Gasteiger partial charge in [-0.25, -0.2) is 0 Å². The molecule has 0 spiro atoms. The SMILES string of the molecule is CC(C)Oc1ccc(CNC(=O)[C@@H]2CCCN(c3ccc(=O)n(-c4cccc(Cl)c4)n3)C2)cc1. The van der Waals surface area contributed by atoms with E-state index in [1.165, 1.54) is 10.7 Å². The molecule has 0 bridgehead atoms. The number of hydrogen-bond acceptors (Lipinski definition) is 5. The van der Waals surface area contributed by atoms with Gasteiger partial charge < -0.3 is 15.0 Å². The number of nitrogens with zero attached hydrogens (tertiary/aromatic N) is 3. The molecule has 1 fully saturated rings. The van der Waals surface area contributed by atoms with E-state index in [1.54, 1.807) is 30.3 Å². The number of amides is 1. The molecule has 1 N–H and O–H groups in total. The second-order valence-corrected chi connectivity index (χ2v) is 9.17. The highest BCUT2D eigenvalue weighted by atomic mass is 35.5. The van der Waals surface area contributed by atoms with Crippen molar-refractivity contribution >= 4 is 23.3 Å². The van der Waals surface area contributed by atoms with Gasteiger partial charge >= 0.3 is 0 Å². The molecule has 3 aromatic rings. The fraction of sp³-hybridized carbons (Fsp3) is 0.346. The molecule has 1 aromatic heterocycles. The molecule has 4 rings (SSSR count). The Balaban J connectivity index is 1.40. The number of hydrogen-bond donors (Lipinski definition) is 1. The topological polar surface area (TPSA) is 76.5 Å². The number of benzene rings is 2. The van der Waals surface area contributed by atoms with Crippen LogP contribution in [0, 0.1) is 5.92 Å². The van der Waals surface area contributed by atoms with E-state index in [9.17, 15) is 9.59 Å². The second-order valence-electron chi connectivity index (χ2n) is 8.73. The Morgan fingerprint density at radius 2 is 1.97 bits per heavy atom. The summed E-state index contributed by atoms with van der Waals surface area (Å²) < 4.78 is 7.01.